The highest BCUT2D eigenvalue weighted by Crippen LogP contribution is 2.41. The number of hydrogen-bond acceptors (Lipinski definition) is 3. The Hall–Kier alpha value is -0.0900. The van der Waals surface area contributed by atoms with E-state index < -0.39 is 0 Å². The van der Waals surface area contributed by atoms with Gasteiger partial charge in [-0.1, -0.05) is 18.0 Å². The van der Waals surface area contributed by atoms with Gasteiger partial charge in [0.25, 0.3) is 0 Å². The fourth-order valence-electron chi connectivity index (χ4n) is 4.54. The number of nitrogens with zero attached hydrogens (tertiary/aromatic N) is 1. The number of rotatable bonds is 2. The zero-order valence-corrected chi connectivity index (χ0v) is 13.6. The van der Waals surface area contributed by atoms with E-state index in [-0.39, 0.29) is 0 Å². The highest BCUT2D eigenvalue weighted by Gasteiger charge is 2.37. The van der Waals surface area contributed by atoms with Crippen LogP contribution in [0.1, 0.15) is 55.0 Å². The highest BCUT2D eigenvalue weighted by molar-refractivity contribution is 7.16. The molecule has 3 atom stereocenters. The van der Waals surface area contributed by atoms with E-state index in [1.54, 1.807) is 11.3 Å². The third kappa shape index (κ3) is 2.33. The Morgan fingerprint density at radius 1 is 1.25 bits per heavy atom. The summed E-state index contributed by atoms with van der Waals surface area (Å²) in [7, 11) is 2.33. The molecule has 0 radical (unpaired) electrons. The molecule has 0 aromatic carbocycles. The van der Waals surface area contributed by atoms with Crippen LogP contribution in [0.5, 0.6) is 0 Å². The molecule has 0 saturated carbocycles. The minimum Gasteiger partial charge on any atom is -0.307 e. The van der Waals surface area contributed by atoms with Crippen LogP contribution < -0.4 is 5.32 Å². The van der Waals surface area contributed by atoms with Gasteiger partial charge < -0.3 is 10.2 Å². The molecule has 0 spiro atoms. The summed E-state index contributed by atoms with van der Waals surface area (Å²) in [6.07, 6.45) is 9.36. The molecule has 0 amide bonds. The van der Waals surface area contributed by atoms with E-state index in [1.165, 1.54) is 55.4 Å². The predicted molar refractivity (Wildman–Crippen MR) is 85.7 cm³/mol. The van der Waals surface area contributed by atoms with Crippen LogP contribution in [0.25, 0.3) is 0 Å². The molecule has 2 aliphatic heterocycles. The van der Waals surface area contributed by atoms with Crippen LogP contribution >= 0.6 is 22.9 Å². The van der Waals surface area contributed by atoms with Crippen LogP contribution in [0.4, 0.5) is 0 Å². The fourth-order valence-corrected chi connectivity index (χ4v) is 5.90. The monoisotopic (exact) mass is 310 g/mol. The van der Waals surface area contributed by atoms with Crippen LogP contribution in [0.3, 0.4) is 0 Å². The van der Waals surface area contributed by atoms with E-state index in [2.05, 4.69) is 23.3 Å². The van der Waals surface area contributed by atoms with Crippen LogP contribution in [-0.4, -0.2) is 30.1 Å². The normalized spacial score (nSPS) is 37.1. The predicted octanol–water partition coefficient (Wildman–Crippen LogP) is 3.99. The van der Waals surface area contributed by atoms with Gasteiger partial charge in [-0.05, 0) is 57.2 Å². The lowest BCUT2D eigenvalue weighted by molar-refractivity contribution is 0.0458. The number of halogens is 1. The molecule has 1 N–H and O–H groups in total. The lowest BCUT2D eigenvalue weighted by Crippen LogP contribution is -2.54. The minimum atomic E-state index is 0.558. The van der Waals surface area contributed by atoms with Crippen molar-refractivity contribution in [3.8, 4) is 0 Å². The summed E-state index contributed by atoms with van der Waals surface area (Å²) in [5.74, 6) is 0. The van der Waals surface area contributed by atoms with Crippen LogP contribution in [0, 0.1) is 0 Å². The molecule has 3 heterocycles. The fraction of sp³-hybridized carbons (Fsp3) is 0.750. The van der Waals surface area contributed by atoms with Gasteiger partial charge in [0.05, 0.1) is 4.34 Å². The Bertz CT molecular complexity index is 487. The van der Waals surface area contributed by atoms with Gasteiger partial charge in [0, 0.05) is 29.0 Å². The summed E-state index contributed by atoms with van der Waals surface area (Å²) < 4.78 is 0.960. The molecule has 1 aromatic rings. The van der Waals surface area contributed by atoms with Crippen LogP contribution in [-0.2, 0) is 6.42 Å². The molecule has 4 rings (SSSR count). The second-order valence-electron chi connectivity index (χ2n) is 6.76. The zero-order valence-electron chi connectivity index (χ0n) is 12.1. The van der Waals surface area contributed by atoms with Gasteiger partial charge in [0.2, 0.25) is 0 Å². The molecule has 1 aliphatic carbocycles. The average Bonchev–Trinajstić information content (AvgIpc) is 2.91. The number of aryl methyl sites for hydroxylation is 1. The lowest BCUT2D eigenvalue weighted by atomic mass is 9.82. The summed E-state index contributed by atoms with van der Waals surface area (Å²) in [5, 5.41) is 3.96. The minimum absolute atomic E-state index is 0.558. The standard InChI is InChI=1S/C16H23ClN2S/c1-19-11-3-2-4-12(19)8-10(7-11)18-14-5-6-15-13(14)9-16(17)20-15/h9-12,14,18H,2-8H2,1H3. The van der Waals surface area contributed by atoms with Crippen LogP contribution in [0.2, 0.25) is 4.34 Å². The van der Waals surface area contributed by atoms with E-state index in [9.17, 15) is 0 Å². The number of piperidine rings is 2. The zero-order chi connectivity index (χ0) is 13.7. The number of thiophene rings is 1. The second-order valence-corrected chi connectivity index (χ2v) is 8.53. The Morgan fingerprint density at radius 2 is 2.00 bits per heavy atom. The van der Waals surface area contributed by atoms with E-state index in [1.807, 2.05) is 0 Å². The summed E-state index contributed by atoms with van der Waals surface area (Å²) >= 11 is 7.94. The first-order valence-corrected chi connectivity index (χ1v) is 9.16. The molecule has 2 saturated heterocycles. The Kier molecular flexibility index (Phi) is 3.58. The maximum atomic E-state index is 6.17. The van der Waals surface area contributed by atoms with Crippen molar-refractivity contribution in [2.45, 2.75) is 69.1 Å². The number of nitrogens with one attached hydrogen (secondary N) is 1. The number of fused-ring (bicyclic) bond motifs is 3. The third-order valence-corrected chi connectivity index (χ3v) is 6.96. The van der Waals surface area contributed by atoms with Gasteiger partial charge in [0.1, 0.15) is 0 Å². The van der Waals surface area contributed by atoms with E-state index in [0.717, 1.165) is 16.4 Å². The maximum Gasteiger partial charge on any atom is 0.0934 e. The van der Waals surface area contributed by atoms with Gasteiger partial charge >= 0.3 is 0 Å². The first-order valence-electron chi connectivity index (χ1n) is 7.97. The van der Waals surface area contributed by atoms with Crippen molar-refractivity contribution in [2.24, 2.45) is 0 Å². The lowest BCUT2D eigenvalue weighted by Gasteiger charge is -2.47. The van der Waals surface area contributed by atoms with E-state index in [4.69, 9.17) is 11.6 Å². The van der Waals surface area contributed by atoms with E-state index in [0.29, 0.717) is 12.1 Å². The molecule has 20 heavy (non-hydrogen) atoms. The highest BCUT2D eigenvalue weighted by atomic mass is 35.5. The summed E-state index contributed by atoms with van der Waals surface area (Å²) in [4.78, 5) is 4.16. The molecular formula is C16H23ClN2S. The van der Waals surface area contributed by atoms with E-state index >= 15 is 0 Å². The average molecular weight is 311 g/mol. The van der Waals surface area contributed by atoms with Gasteiger partial charge in [-0.2, -0.15) is 0 Å². The summed E-state index contributed by atoms with van der Waals surface area (Å²) in [5.41, 5.74) is 1.49. The first-order chi connectivity index (χ1) is 9.70. The van der Waals surface area contributed by atoms with Crippen molar-refractivity contribution in [1.29, 1.82) is 0 Å². The molecule has 2 fully saturated rings. The van der Waals surface area contributed by atoms with Crippen molar-refractivity contribution >= 4 is 22.9 Å². The van der Waals surface area contributed by atoms with Gasteiger partial charge in [-0.3, -0.25) is 0 Å². The van der Waals surface area contributed by atoms with Gasteiger partial charge in [-0.15, -0.1) is 11.3 Å². The molecule has 3 unspecified atom stereocenters. The molecule has 110 valence electrons. The first kappa shape index (κ1) is 13.6. The third-order valence-electron chi connectivity index (χ3n) is 5.62. The van der Waals surface area contributed by atoms with Crippen molar-refractivity contribution in [3.63, 3.8) is 0 Å². The van der Waals surface area contributed by atoms with Crippen LogP contribution in [0.15, 0.2) is 6.07 Å². The number of hydrogen-bond donors (Lipinski definition) is 1. The molecular weight excluding hydrogens is 288 g/mol. The Morgan fingerprint density at radius 3 is 2.75 bits per heavy atom. The van der Waals surface area contributed by atoms with Gasteiger partial charge in [0.15, 0.2) is 0 Å². The molecule has 2 nitrogen and oxygen atoms in total. The Balaban J connectivity index is 1.45. The summed E-state index contributed by atoms with van der Waals surface area (Å²) in [6, 6.07) is 5.08. The quantitative estimate of drug-likeness (QED) is 0.888. The second kappa shape index (κ2) is 5.28. The molecule has 3 aliphatic rings. The van der Waals surface area contributed by atoms with Crippen molar-refractivity contribution in [3.05, 3.63) is 20.8 Å². The summed E-state index contributed by atoms with van der Waals surface area (Å²) in [6.45, 7) is 0. The van der Waals surface area contributed by atoms with Crippen molar-refractivity contribution in [2.75, 3.05) is 7.05 Å². The largest absolute Gasteiger partial charge is 0.307 e. The molecule has 4 heteroatoms. The molecule has 2 bridgehead atoms. The SMILES string of the molecule is CN1C2CCCC1CC(NC1CCc3sc(Cl)cc31)C2. The van der Waals surface area contributed by atoms with Crippen molar-refractivity contribution < 1.29 is 0 Å². The topological polar surface area (TPSA) is 15.3 Å². The maximum absolute atomic E-state index is 6.17. The van der Waals surface area contributed by atoms with Crippen molar-refractivity contribution in [1.82, 2.24) is 10.2 Å². The Labute approximate surface area is 130 Å². The molecule has 1 aromatic heterocycles. The van der Waals surface area contributed by atoms with Gasteiger partial charge in [-0.25, -0.2) is 0 Å². The smallest absolute Gasteiger partial charge is 0.0934 e.